The molecule has 0 bridgehead atoms. The molecule has 0 aliphatic heterocycles. The standard InChI is InChI=1S/C29H30N2O6/c1-19(23(26(33)36-2)27(34)37-3)24(25(30)32)31-28(35)29(20-13-7-4-8-14-20,21-15-9-5-10-16-21)22-17-11-6-12-18-22/h4-19,23-24H,1-3H3,(H2,30,32)(H,31,35)/t19-,24-/m1/s1. The summed E-state index contributed by atoms with van der Waals surface area (Å²) in [4.78, 5) is 52.0. The van der Waals surface area contributed by atoms with Crippen molar-refractivity contribution in [2.75, 3.05) is 14.2 Å². The summed E-state index contributed by atoms with van der Waals surface area (Å²) in [5.74, 6) is -5.82. The summed E-state index contributed by atoms with van der Waals surface area (Å²) in [5.41, 5.74) is 6.28. The maximum absolute atomic E-state index is 14.4. The van der Waals surface area contributed by atoms with Crippen molar-refractivity contribution < 1.29 is 28.7 Å². The molecule has 3 aromatic carbocycles. The van der Waals surface area contributed by atoms with Gasteiger partial charge in [-0.3, -0.25) is 19.2 Å². The second-order valence-electron chi connectivity index (χ2n) is 8.58. The van der Waals surface area contributed by atoms with Crippen LogP contribution < -0.4 is 11.1 Å². The Morgan fingerprint density at radius 2 is 1.05 bits per heavy atom. The average molecular weight is 503 g/mol. The van der Waals surface area contributed by atoms with Crippen LogP contribution >= 0.6 is 0 Å². The van der Waals surface area contributed by atoms with Gasteiger partial charge in [0.25, 0.3) is 0 Å². The fraction of sp³-hybridized carbons (Fsp3) is 0.241. The van der Waals surface area contributed by atoms with Crippen molar-refractivity contribution in [3.05, 3.63) is 108 Å². The van der Waals surface area contributed by atoms with Gasteiger partial charge in [0.1, 0.15) is 11.5 Å². The van der Waals surface area contributed by atoms with E-state index in [2.05, 4.69) is 5.32 Å². The third-order valence-corrected chi connectivity index (χ3v) is 6.52. The molecule has 2 atom stereocenters. The lowest BCUT2D eigenvalue weighted by Crippen LogP contribution is -2.57. The maximum atomic E-state index is 14.4. The topological polar surface area (TPSA) is 125 Å². The first kappa shape index (κ1) is 27.1. The lowest BCUT2D eigenvalue weighted by atomic mass is 9.68. The van der Waals surface area contributed by atoms with Gasteiger partial charge in [0, 0.05) is 5.92 Å². The monoisotopic (exact) mass is 502 g/mol. The van der Waals surface area contributed by atoms with E-state index in [-0.39, 0.29) is 0 Å². The second-order valence-corrected chi connectivity index (χ2v) is 8.58. The molecule has 0 unspecified atom stereocenters. The average Bonchev–Trinajstić information content (AvgIpc) is 2.93. The van der Waals surface area contributed by atoms with Gasteiger partial charge < -0.3 is 20.5 Å². The highest BCUT2D eigenvalue weighted by Crippen LogP contribution is 2.40. The van der Waals surface area contributed by atoms with Crippen molar-refractivity contribution in [3.8, 4) is 0 Å². The zero-order valence-electron chi connectivity index (χ0n) is 20.9. The van der Waals surface area contributed by atoms with Gasteiger partial charge in [0.15, 0.2) is 5.92 Å². The van der Waals surface area contributed by atoms with Crippen LogP contribution in [0.5, 0.6) is 0 Å². The minimum Gasteiger partial charge on any atom is -0.468 e. The van der Waals surface area contributed by atoms with Crippen LogP contribution in [0.1, 0.15) is 23.6 Å². The molecule has 0 spiro atoms. The number of amides is 2. The highest BCUT2D eigenvalue weighted by Gasteiger charge is 2.47. The molecule has 0 aliphatic carbocycles. The Bertz CT molecular complexity index is 1120. The van der Waals surface area contributed by atoms with E-state index in [0.717, 1.165) is 14.2 Å². The Morgan fingerprint density at radius 3 is 1.35 bits per heavy atom. The molecule has 3 rings (SSSR count). The van der Waals surface area contributed by atoms with E-state index in [1.54, 1.807) is 0 Å². The Labute approximate surface area is 215 Å². The number of nitrogens with one attached hydrogen (secondary N) is 1. The van der Waals surface area contributed by atoms with Crippen LogP contribution in [0.25, 0.3) is 0 Å². The smallest absolute Gasteiger partial charge is 0.320 e. The molecule has 0 saturated heterocycles. The molecule has 2 amide bonds. The van der Waals surface area contributed by atoms with Crippen LogP contribution in [0.15, 0.2) is 91.0 Å². The van der Waals surface area contributed by atoms with E-state index in [1.165, 1.54) is 6.92 Å². The first-order chi connectivity index (χ1) is 17.8. The molecule has 0 aromatic heterocycles. The summed E-state index contributed by atoms with van der Waals surface area (Å²) in [6.45, 7) is 1.46. The molecule has 8 heteroatoms. The number of carbonyl (C=O) groups excluding carboxylic acids is 4. The van der Waals surface area contributed by atoms with Gasteiger partial charge in [-0.05, 0) is 16.7 Å². The Kier molecular flexibility index (Phi) is 8.79. The van der Waals surface area contributed by atoms with Gasteiger partial charge in [-0.15, -0.1) is 0 Å². The Hall–Kier alpha value is -4.46. The summed E-state index contributed by atoms with van der Waals surface area (Å²) in [5, 5.41) is 2.76. The summed E-state index contributed by atoms with van der Waals surface area (Å²) < 4.78 is 9.52. The number of ether oxygens (including phenoxy) is 2. The number of primary amides is 1. The van der Waals surface area contributed by atoms with Gasteiger partial charge in [-0.1, -0.05) is 97.9 Å². The molecule has 0 aliphatic rings. The first-order valence-electron chi connectivity index (χ1n) is 11.7. The number of rotatable bonds is 10. The molecule has 192 valence electrons. The normalized spacial score (nSPS) is 12.8. The van der Waals surface area contributed by atoms with E-state index in [0.29, 0.717) is 16.7 Å². The molecule has 8 nitrogen and oxygen atoms in total. The molecule has 0 radical (unpaired) electrons. The van der Waals surface area contributed by atoms with Crippen molar-refractivity contribution in [1.29, 1.82) is 0 Å². The van der Waals surface area contributed by atoms with Gasteiger partial charge in [0.05, 0.1) is 14.2 Å². The fourth-order valence-corrected chi connectivity index (χ4v) is 4.64. The van der Waals surface area contributed by atoms with Crippen molar-refractivity contribution in [1.82, 2.24) is 5.32 Å². The maximum Gasteiger partial charge on any atom is 0.320 e. The molecule has 0 heterocycles. The summed E-state index contributed by atoms with van der Waals surface area (Å²) in [7, 11) is 2.24. The van der Waals surface area contributed by atoms with Gasteiger partial charge in [-0.2, -0.15) is 0 Å². The summed E-state index contributed by atoms with van der Waals surface area (Å²) >= 11 is 0. The predicted molar refractivity (Wildman–Crippen MR) is 137 cm³/mol. The number of hydrogen-bond acceptors (Lipinski definition) is 6. The van der Waals surface area contributed by atoms with Crippen molar-refractivity contribution in [3.63, 3.8) is 0 Å². The number of nitrogens with two attached hydrogens (primary N) is 1. The van der Waals surface area contributed by atoms with Crippen molar-refractivity contribution in [2.45, 2.75) is 18.4 Å². The molecular formula is C29H30N2O6. The second kappa shape index (κ2) is 12.0. The van der Waals surface area contributed by atoms with Crippen LogP contribution in [0.2, 0.25) is 0 Å². The highest BCUT2D eigenvalue weighted by atomic mass is 16.5. The highest BCUT2D eigenvalue weighted by molar-refractivity contribution is 6.00. The lowest BCUT2D eigenvalue weighted by Gasteiger charge is -2.37. The molecule has 37 heavy (non-hydrogen) atoms. The third-order valence-electron chi connectivity index (χ3n) is 6.52. The van der Waals surface area contributed by atoms with Crippen molar-refractivity contribution in [2.24, 2.45) is 17.6 Å². The lowest BCUT2D eigenvalue weighted by molar-refractivity contribution is -0.162. The van der Waals surface area contributed by atoms with E-state index in [9.17, 15) is 19.2 Å². The van der Waals surface area contributed by atoms with Crippen LogP contribution in [0, 0.1) is 11.8 Å². The van der Waals surface area contributed by atoms with Gasteiger partial charge in [-0.25, -0.2) is 0 Å². The van der Waals surface area contributed by atoms with Gasteiger partial charge >= 0.3 is 11.9 Å². The SMILES string of the molecule is COC(=O)C(C(=O)OC)[C@@H](C)[C@@H](NC(=O)C(c1ccccc1)(c1ccccc1)c1ccccc1)C(N)=O. The fourth-order valence-electron chi connectivity index (χ4n) is 4.64. The predicted octanol–water partition coefficient (Wildman–Crippen LogP) is 2.59. The molecule has 3 N–H and O–H groups in total. The van der Waals surface area contributed by atoms with Crippen LogP contribution in [0.4, 0.5) is 0 Å². The zero-order valence-corrected chi connectivity index (χ0v) is 20.9. The largest absolute Gasteiger partial charge is 0.468 e. The van der Waals surface area contributed by atoms with Crippen LogP contribution in [-0.4, -0.2) is 44.0 Å². The zero-order chi connectivity index (χ0) is 27.0. The molecule has 0 saturated carbocycles. The van der Waals surface area contributed by atoms with Crippen LogP contribution in [0.3, 0.4) is 0 Å². The summed E-state index contributed by atoms with van der Waals surface area (Å²) in [6.07, 6.45) is 0. The van der Waals surface area contributed by atoms with Crippen LogP contribution in [-0.2, 0) is 34.1 Å². The Balaban J connectivity index is 2.20. The number of methoxy groups -OCH3 is 2. The minimum absolute atomic E-state index is 0.555. The summed E-state index contributed by atoms with van der Waals surface area (Å²) in [6, 6.07) is 26.0. The van der Waals surface area contributed by atoms with E-state index >= 15 is 0 Å². The number of benzene rings is 3. The first-order valence-corrected chi connectivity index (χ1v) is 11.7. The van der Waals surface area contributed by atoms with Gasteiger partial charge in [0.2, 0.25) is 11.8 Å². The quantitative estimate of drug-likeness (QED) is 0.249. The number of hydrogen-bond donors (Lipinski definition) is 2. The van der Waals surface area contributed by atoms with E-state index in [4.69, 9.17) is 15.2 Å². The Morgan fingerprint density at radius 1 is 0.703 bits per heavy atom. The molecule has 0 fully saturated rings. The minimum atomic E-state index is -1.48. The van der Waals surface area contributed by atoms with E-state index < -0.39 is 47.0 Å². The number of esters is 2. The van der Waals surface area contributed by atoms with Crippen molar-refractivity contribution >= 4 is 23.8 Å². The molecular weight excluding hydrogens is 472 g/mol. The number of carbonyl (C=O) groups is 4. The molecule has 3 aromatic rings. The van der Waals surface area contributed by atoms with E-state index in [1.807, 2.05) is 91.0 Å². The third kappa shape index (κ3) is 5.38.